The maximum Gasteiger partial charge on any atom is 0.267 e. The lowest BCUT2D eigenvalue weighted by Crippen LogP contribution is -2.55. The number of hydrogen-bond acceptors (Lipinski definition) is 4. The maximum absolute atomic E-state index is 12.8. The molecule has 2 aromatic rings. The van der Waals surface area contributed by atoms with Gasteiger partial charge in [-0.2, -0.15) is 0 Å². The number of nitrogens with one attached hydrogen (secondary N) is 1. The van der Waals surface area contributed by atoms with Gasteiger partial charge in [-0.05, 0) is 42.5 Å². The number of halogens is 1. The van der Waals surface area contributed by atoms with Crippen LogP contribution in [-0.4, -0.2) is 59.7 Å². The molecule has 1 amide bonds. The number of thiocarbonyl (C=S) groups is 1. The summed E-state index contributed by atoms with van der Waals surface area (Å²) >= 11 is 11.5. The first-order chi connectivity index (χ1) is 13.6. The molecular formula is C20H20ClN3O3S. The van der Waals surface area contributed by atoms with Gasteiger partial charge in [-0.15, -0.1) is 0 Å². The summed E-state index contributed by atoms with van der Waals surface area (Å²) in [5.74, 6) is 1.23. The van der Waals surface area contributed by atoms with Gasteiger partial charge in [-0.1, -0.05) is 29.8 Å². The van der Waals surface area contributed by atoms with E-state index in [0.29, 0.717) is 47.8 Å². The van der Waals surface area contributed by atoms with Crippen molar-refractivity contribution in [3.05, 3.63) is 53.6 Å². The van der Waals surface area contributed by atoms with E-state index < -0.39 is 6.10 Å². The van der Waals surface area contributed by atoms with Crippen molar-refractivity contribution in [1.82, 2.24) is 9.80 Å². The predicted octanol–water partition coefficient (Wildman–Crippen LogP) is 3.02. The zero-order valence-electron chi connectivity index (χ0n) is 15.1. The number of carbonyl (C=O) groups is 1. The van der Waals surface area contributed by atoms with Crippen LogP contribution in [0.15, 0.2) is 48.5 Å². The first-order valence-electron chi connectivity index (χ1n) is 9.09. The fourth-order valence-electron chi connectivity index (χ4n) is 3.24. The molecule has 2 aliphatic heterocycles. The Kier molecular flexibility index (Phi) is 5.54. The Morgan fingerprint density at radius 3 is 2.50 bits per heavy atom. The number of ether oxygens (including phenoxy) is 2. The fraction of sp³-hybridized carbons (Fsp3) is 0.300. The van der Waals surface area contributed by atoms with E-state index in [1.807, 2.05) is 53.4 Å². The molecule has 0 spiro atoms. The third kappa shape index (κ3) is 4.15. The molecule has 4 rings (SSSR count). The molecule has 0 bridgehead atoms. The summed E-state index contributed by atoms with van der Waals surface area (Å²) in [5.41, 5.74) is 0.849. The number of hydrogen-bond donors (Lipinski definition) is 1. The summed E-state index contributed by atoms with van der Waals surface area (Å²) in [6, 6.07) is 14.8. The first-order valence-corrected chi connectivity index (χ1v) is 9.87. The molecule has 2 heterocycles. The Morgan fingerprint density at radius 2 is 1.75 bits per heavy atom. The quantitative estimate of drug-likeness (QED) is 0.758. The average Bonchev–Trinajstić information content (AvgIpc) is 2.73. The van der Waals surface area contributed by atoms with Gasteiger partial charge in [-0.3, -0.25) is 4.79 Å². The molecule has 1 N–H and O–H groups in total. The monoisotopic (exact) mass is 417 g/mol. The van der Waals surface area contributed by atoms with Gasteiger partial charge in [-0.25, -0.2) is 0 Å². The number of para-hydroxylation sites is 2. The molecule has 0 aliphatic carbocycles. The summed E-state index contributed by atoms with van der Waals surface area (Å²) in [4.78, 5) is 16.7. The van der Waals surface area contributed by atoms with Crippen molar-refractivity contribution in [2.45, 2.75) is 6.10 Å². The second kappa shape index (κ2) is 8.24. The van der Waals surface area contributed by atoms with Crippen LogP contribution in [0.1, 0.15) is 0 Å². The van der Waals surface area contributed by atoms with E-state index in [4.69, 9.17) is 33.3 Å². The predicted molar refractivity (Wildman–Crippen MR) is 112 cm³/mol. The van der Waals surface area contributed by atoms with Crippen LogP contribution in [0.5, 0.6) is 11.5 Å². The molecule has 6 nitrogen and oxygen atoms in total. The molecular weight excluding hydrogens is 398 g/mol. The molecule has 2 aromatic carbocycles. The normalized spacial score (nSPS) is 18.5. The number of carbonyl (C=O) groups excluding carboxylic acids is 1. The number of anilines is 1. The lowest BCUT2D eigenvalue weighted by atomic mass is 10.2. The van der Waals surface area contributed by atoms with Crippen molar-refractivity contribution in [2.24, 2.45) is 0 Å². The van der Waals surface area contributed by atoms with Crippen molar-refractivity contribution in [1.29, 1.82) is 0 Å². The average molecular weight is 418 g/mol. The lowest BCUT2D eigenvalue weighted by molar-refractivity contribution is -0.142. The highest BCUT2D eigenvalue weighted by Gasteiger charge is 2.33. The van der Waals surface area contributed by atoms with Crippen LogP contribution in [0, 0.1) is 0 Å². The number of amides is 1. The molecule has 2 aliphatic rings. The van der Waals surface area contributed by atoms with Crippen molar-refractivity contribution < 1.29 is 14.3 Å². The smallest absolute Gasteiger partial charge is 0.267 e. The minimum absolute atomic E-state index is 0.0529. The summed E-state index contributed by atoms with van der Waals surface area (Å²) in [6.07, 6.45) is -0.613. The third-order valence-electron chi connectivity index (χ3n) is 4.74. The Balaban J connectivity index is 1.30. The van der Waals surface area contributed by atoms with Crippen molar-refractivity contribution in [2.75, 3.05) is 38.1 Å². The summed E-state index contributed by atoms with van der Waals surface area (Å²) in [5, 5.41) is 4.47. The molecule has 1 atom stereocenters. The third-order valence-corrected chi connectivity index (χ3v) is 5.33. The number of piperazine rings is 1. The molecule has 146 valence electrons. The largest absolute Gasteiger partial charge is 0.485 e. The van der Waals surface area contributed by atoms with E-state index >= 15 is 0 Å². The van der Waals surface area contributed by atoms with Gasteiger partial charge in [0, 0.05) is 36.9 Å². The lowest BCUT2D eigenvalue weighted by Gasteiger charge is -2.38. The van der Waals surface area contributed by atoms with Crippen molar-refractivity contribution >= 4 is 40.5 Å². The van der Waals surface area contributed by atoms with Gasteiger partial charge in [0.2, 0.25) is 6.10 Å². The summed E-state index contributed by atoms with van der Waals surface area (Å²) < 4.78 is 11.5. The van der Waals surface area contributed by atoms with E-state index in [9.17, 15) is 4.79 Å². The molecule has 0 radical (unpaired) electrons. The van der Waals surface area contributed by atoms with Crippen LogP contribution in [0.3, 0.4) is 0 Å². The van der Waals surface area contributed by atoms with Crippen LogP contribution in [0.4, 0.5) is 5.69 Å². The van der Waals surface area contributed by atoms with E-state index in [1.165, 1.54) is 0 Å². The van der Waals surface area contributed by atoms with E-state index in [-0.39, 0.29) is 12.5 Å². The molecule has 28 heavy (non-hydrogen) atoms. The van der Waals surface area contributed by atoms with Gasteiger partial charge < -0.3 is 24.6 Å². The zero-order chi connectivity index (χ0) is 19.5. The number of nitrogens with zero attached hydrogens (tertiary/aromatic N) is 2. The minimum Gasteiger partial charge on any atom is -0.485 e. The Hall–Kier alpha value is -2.51. The van der Waals surface area contributed by atoms with Gasteiger partial charge in [0.15, 0.2) is 16.6 Å². The van der Waals surface area contributed by atoms with Gasteiger partial charge in [0.1, 0.15) is 6.61 Å². The SMILES string of the molecule is O=C(C1COc2ccccc2O1)N1CCN(C(=S)Nc2cccc(Cl)c2)CC1. The zero-order valence-corrected chi connectivity index (χ0v) is 16.7. The van der Waals surface area contributed by atoms with Crippen molar-refractivity contribution in [3.63, 3.8) is 0 Å². The van der Waals surface area contributed by atoms with Gasteiger partial charge in [0.25, 0.3) is 5.91 Å². The highest BCUT2D eigenvalue weighted by molar-refractivity contribution is 7.80. The standard InChI is InChI=1S/C20H20ClN3O3S/c21-14-4-3-5-15(12-14)22-20(28)24-10-8-23(9-11-24)19(25)18-13-26-16-6-1-2-7-17(16)27-18/h1-7,12,18H,8-11,13H2,(H,22,28). The molecule has 1 saturated heterocycles. The molecule has 0 saturated carbocycles. The number of fused-ring (bicyclic) bond motifs is 1. The topological polar surface area (TPSA) is 54.0 Å². The summed E-state index contributed by atoms with van der Waals surface area (Å²) in [6.45, 7) is 2.70. The number of rotatable bonds is 2. The van der Waals surface area contributed by atoms with Crippen LogP contribution >= 0.6 is 23.8 Å². The minimum atomic E-state index is -0.613. The summed E-state index contributed by atoms with van der Waals surface area (Å²) in [7, 11) is 0. The number of benzene rings is 2. The van der Waals surface area contributed by atoms with E-state index in [0.717, 1.165) is 5.69 Å². The molecule has 0 aromatic heterocycles. The highest BCUT2D eigenvalue weighted by Crippen LogP contribution is 2.31. The fourth-order valence-corrected chi connectivity index (χ4v) is 3.73. The van der Waals surface area contributed by atoms with Gasteiger partial charge >= 0.3 is 0 Å². The molecule has 1 unspecified atom stereocenters. The molecule has 8 heteroatoms. The van der Waals surface area contributed by atoms with Crippen LogP contribution in [0.25, 0.3) is 0 Å². The van der Waals surface area contributed by atoms with Crippen LogP contribution in [-0.2, 0) is 4.79 Å². The second-order valence-electron chi connectivity index (χ2n) is 6.62. The second-order valence-corrected chi connectivity index (χ2v) is 7.44. The maximum atomic E-state index is 12.8. The van der Waals surface area contributed by atoms with Crippen molar-refractivity contribution in [3.8, 4) is 11.5 Å². The highest BCUT2D eigenvalue weighted by atomic mass is 35.5. The van der Waals surface area contributed by atoms with Gasteiger partial charge in [0.05, 0.1) is 0 Å². The molecule has 1 fully saturated rings. The Morgan fingerprint density at radius 1 is 1.04 bits per heavy atom. The first kappa shape index (κ1) is 18.8. The van der Waals surface area contributed by atoms with Crippen LogP contribution < -0.4 is 14.8 Å². The Labute approximate surface area is 174 Å². The Bertz CT molecular complexity index is 887. The van der Waals surface area contributed by atoms with Crippen LogP contribution in [0.2, 0.25) is 5.02 Å². The van der Waals surface area contributed by atoms with E-state index in [2.05, 4.69) is 5.32 Å². The van der Waals surface area contributed by atoms with E-state index in [1.54, 1.807) is 4.90 Å².